The van der Waals surface area contributed by atoms with E-state index in [0.717, 1.165) is 29.0 Å². The Balaban J connectivity index is 1.33. The lowest BCUT2D eigenvalue weighted by Gasteiger charge is -2.06. The van der Waals surface area contributed by atoms with Crippen LogP contribution in [-0.2, 0) is 19.7 Å². The van der Waals surface area contributed by atoms with Crippen molar-refractivity contribution in [3.8, 4) is 5.75 Å². The second-order valence-electron chi connectivity index (χ2n) is 7.46. The lowest BCUT2D eigenvalue weighted by molar-refractivity contribution is 0.0992. The number of anilines is 1. The van der Waals surface area contributed by atoms with Crippen molar-refractivity contribution in [1.29, 1.82) is 0 Å². The number of rotatable bonds is 8. The highest BCUT2D eigenvalue weighted by atomic mass is 16.5. The fourth-order valence-electron chi connectivity index (χ4n) is 3.30. The highest BCUT2D eigenvalue weighted by Crippen LogP contribution is 2.19. The number of hydrogen-bond donors (Lipinski definition) is 1. The summed E-state index contributed by atoms with van der Waals surface area (Å²) in [6.45, 7) is 7.73. The molecule has 0 saturated carbocycles. The second-order valence-corrected chi connectivity index (χ2v) is 7.46. The van der Waals surface area contributed by atoms with Gasteiger partial charge in [0.15, 0.2) is 5.76 Å². The van der Waals surface area contributed by atoms with Gasteiger partial charge in [0.2, 0.25) is 0 Å². The standard InChI is InChI=1S/C23H25N5O3/c1-4-27-12-18(10-24-27)13-28-14-19(11-25-28)26-23(29)22-6-5-20(31-22)15-30-21-8-16(2)7-17(3)9-21/h5-12,14H,4,13,15H2,1-3H3,(H,26,29). The first-order chi connectivity index (χ1) is 15.0. The van der Waals surface area contributed by atoms with E-state index in [1.807, 2.05) is 50.0 Å². The number of furan rings is 1. The van der Waals surface area contributed by atoms with E-state index in [1.54, 1.807) is 29.2 Å². The monoisotopic (exact) mass is 419 g/mol. The molecule has 0 aliphatic rings. The molecule has 8 nitrogen and oxygen atoms in total. The van der Waals surface area contributed by atoms with Crippen LogP contribution in [-0.4, -0.2) is 25.5 Å². The molecule has 3 aromatic heterocycles. The maximum atomic E-state index is 12.5. The van der Waals surface area contributed by atoms with E-state index in [-0.39, 0.29) is 18.3 Å². The summed E-state index contributed by atoms with van der Waals surface area (Å²) >= 11 is 0. The smallest absolute Gasteiger partial charge is 0.291 e. The molecule has 160 valence electrons. The number of aromatic nitrogens is 4. The molecule has 0 unspecified atom stereocenters. The minimum atomic E-state index is -0.337. The zero-order valence-electron chi connectivity index (χ0n) is 17.8. The van der Waals surface area contributed by atoms with Crippen LogP contribution in [0, 0.1) is 13.8 Å². The van der Waals surface area contributed by atoms with Crippen LogP contribution in [0.2, 0.25) is 0 Å². The summed E-state index contributed by atoms with van der Waals surface area (Å²) in [7, 11) is 0. The molecule has 0 spiro atoms. The first kappa shape index (κ1) is 20.5. The zero-order valence-corrected chi connectivity index (χ0v) is 17.8. The van der Waals surface area contributed by atoms with E-state index < -0.39 is 0 Å². The Labute approximate surface area is 180 Å². The number of aryl methyl sites for hydroxylation is 3. The van der Waals surface area contributed by atoms with Gasteiger partial charge >= 0.3 is 0 Å². The van der Waals surface area contributed by atoms with Crippen molar-refractivity contribution in [2.45, 2.75) is 40.5 Å². The van der Waals surface area contributed by atoms with Crippen LogP contribution >= 0.6 is 0 Å². The molecule has 1 amide bonds. The van der Waals surface area contributed by atoms with E-state index in [2.05, 4.69) is 21.6 Å². The summed E-state index contributed by atoms with van der Waals surface area (Å²) in [6.07, 6.45) is 7.17. The molecule has 8 heteroatoms. The highest BCUT2D eigenvalue weighted by molar-refractivity contribution is 6.02. The fraction of sp³-hybridized carbons (Fsp3) is 0.261. The van der Waals surface area contributed by atoms with Crippen LogP contribution in [0.4, 0.5) is 5.69 Å². The predicted octanol–water partition coefficient (Wildman–Crippen LogP) is 4.19. The number of carbonyl (C=O) groups is 1. The molecule has 0 saturated heterocycles. The van der Waals surface area contributed by atoms with E-state index >= 15 is 0 Å². The van der Waals surface area contributed by atoms with Crippen LogP contribution in [0.5, 0.6) is 5.75 Å². The summed E-state index contributed by atoms with van der Waals surface area (Å²) in [5.74, 6) is 1.23. The van der Waals surface area contributed by atoms with Crippen molar-refractivity contribution in [3.63, 3.8) is 0 Å². The quantitative estimate of drug-likeness (QED) is 0.463. The van der Waals surface area contributed by atoms with Gasteiger partial charge in [-0.25, -0.2) is 0 Å². The number of carbonyl (C=O) groups excluding carboxylic acids is 1. The number of nitrogens with one attached hydrogen (secondary N) is 1. The van der Waals surface area contributed by atoms with E-state index in [0.29, 0.717) is 18.0 Å². The van der Waals surface area contributed by atoms with Gasteiger partial charge in [0, 0.05) is 24.5 Å². The number of nitrogens with zero attached hydrogens (tertiary/aromatic N) is 4. The van der Waals surface area contributed by atoms with E-state index in [9.17, 15) is 4.79 Å². The number of ether oxygens (including phenoxy) is 1. The van der Waals surface area contributed by atoms with Crippen molar-refractivity contribution >= 4 is 11.6 Å². The summed E-state index contributed by atoms with van der Waals surface area (Å²) in [6, 6.07) is 9.40. The van der Waals surface area contributed by atoms with Gasteiger partial charge < -0.3 is 14.5 Å². The Hall–Kier alpha value is -3.81. The Morgan fingerprint density at radius 1 is 1.06 bits per heavy atom. The fourth-order valence-corrected chi connectivity index (χ4v) is 3.30. The molecule has 0 fully saturated rings. The second kappa shape index (κ2) is 8.91. The van der Waals surface area contributed by atoms with E-state index in [4.69, 9.17) is 9.15 Å². The first-order valence-corrected chi connectivity index (χ1v) is 10.1. The molecule has 0 aliphatic carbocycles. The molecule has 0 radical (unpaired) electrons. The number of benzene rings is 1. The minimum absolute atomic E-state index is 0.219. The van der Waals surface area contributed by atoms with Gasteiger partial charge in [0.25, 0.3) is 5.91 Å². The molecule has 3 heterocycles. The Morgan fingerprint density at radius 3 is 2.58 bits per heavy atom. The molecular weight excluding hydrogens is 394 g/mol. The molecule has 31 heavy (non-hydrogen) atoms. The van der Waals surface area contributed by atoms with Crippen molar-refractivity contribution in [1.82, 2.24) is 19.6 Å². The Kier molecular flexibility index (Phi) is 5.88. The van der Waals surface area contributed by atoms with Crippen molar-refractivity contribution in [2.75, 3.05) is 5.32 Å². The van der Waals surface area contributed by atoms with Crippen LogP contribution in [0.25, 0.3) is 0 Å². The average molecular weight is 419 g/mol. The molecule has 4 rings (SSSR count). The normalized spacial score (nSPS) is 10.9. The van der Waals surface area contributed by atoms with Crippen molar-refractivity contribution in [3.05, 3.63) is 83.3 Å². The van der Waals surface area contributed by atoms with Crippen LogP contribution in [0.15, 0.2) is 59.5 Å². The molecular formula is C23H25N5O3. The molecule has 1 N–H and O–H groups in total. The van der Waals surface area contributed by atoms with Gasteiger partial charge in [-0.15, -0.1) is 0 Å². The topological polar surface area (TPSA) is 87.1 Å². The molecule has 0 atom stereocenters. The van der Waals surface area contributed by atoms with Crippen LogP contribution in [0.1, 0.15) is 39.9 Å². The average Bonchev–Trinajstić information content (AvgIpc) is 3.47. The summed E-state index contributed by atoms with van der Waals surface area (Å²) < 4.78 is 15.0. The maximum absolute atomic E-state index is 12.5. The van der Waals surface area contributed by atoms with Crippen LogP contribution < -0.4 is 10.1 Å². The van der Waals surface area contributed by atoms with Gasteiger partial charge in [-0.05, 0) is 56.2 Å². The summed E-state index contributed by atoms with van der Waals surface area (Å²) in [5, 5.41) is 11.3. The van der Waals surface area contributed by atoms with Gasteiger partial charge in [-0.3, -0.25) is 14.2 Å². The predicted molar refractivity (Wildman–Crippen MR) is 116 cm³/mol. The van der Waals surface area contributed by atoms with Crippen molar-refractivity contribution < 1.29 is 13.9 Å². The third-order valence-corrected chi connectivity index (χ3v) is 4.71. The lowest BCUT2D eigenvalue weighted by atomic mass is 10.1. The van der Waals surface area contributed by atoms with Crippen molar-refractivity contribution in [2.24, 2.45) is 0 Å². The Morgan fingerprint density at radius 2 is 1.84 bits per heavy atom. The van der Waals surface area contributed by atoms with Gasteiger partial charge in [-0.2, -0.15) is 10.2 Å². The highest BCUT2D eigenvalue weighted by Gasteiger charge is 2.13. The molecule has 0 aliphatic heterocycles. The van der Waals surface area contributed by atoms with E-state index in [1.165, 1.54) is 0 Å². The summed E-state index contributed by atoms with van der Waals surface area (Å²) in [5.41, 5.74) is 3.91. The van der Waals surface area contributed by atoms with Gasteiger partial charge in [0.05, 0.1) is 24.6 Å². The third kappa shape index (κ3) is 5.22. The summed E-state index contributed by atoms with van der Waals surface area (Å²) in [4.78, 5) is 12.5. The van der Waals surface area contributed by atoms with Gasteiger partial charge in [-0.1, -0.05) is 6.07 Å². The minimum Gasteiger partial charge on any atom is -0.486 e. The molecule has 1 aromatic carbocycles. The molecule has 4 aromatic rings. The zero-order chi connectivity index (χ0) is 21.8. The van der Waals surface area contributed by atoms with Gasteiger partial charge in [0.1, 0.15) is 18.1 Å². The largest absolute Gasteiger partial charge is 0.486 e. The first-order valence-electron chi connectivity index (χ1n) is 10.1. The SMILES string of the molecule is CCn1cc(Cn2cc(NC(=O)c3ccc(COc4cc(C)cc(C)c4)o3)cn2)cn1. The number of amides is 1. The number of hydrogen-bond acceptors (Lipinski definition) is 5. The van der Waals surface area contributed by atoms with Crippen LogP contribution in [0.3, 0.4) is 0 Å². The molecule has 0 bridgehead atoms. The lowest BCUT2D eigenvalue weighted by Crippen LogP contribution is -2.10. The Bertz CT molecular complexity index is 1170. The third-order valence-electron chi connectivity index (χ3n) is 4.71. The maximum Gasteiger partial charge on any atom is 0.291 e.